The molecule has 0 fully saturated rings. The van der Waals surface area contributed by atoms with E-state index in [0.29, 0.717) is 6.42 Å². The van der Waals surface area contributed by atoms with Crippen molar-refractivity contribution in [3.8, 4) is 0 Å². The summed E-state index contributed by atoms with van der Waals surface area (Å²) in [5, 5.41) is 8.32. The summed E-state index contributed by atoms with van der Waals surface area (Å²) in [7, 11) is 0. The Hall–Kier alpha value is -1.32. The lowest BCUT2D eigenvalue weighted by Crippen LogP contribution is -1.93. The normalized spacial score (nSPS) is 9.31. The molecule has 0 radical (unpaired) electrons. The van der Waals surface area contributed by atoms with Crippen molar-refractivity contribution in [1.82, 2.24) is 9.97 Å². The number of hydrogen-bond acceptors (Lipinski definition) is 2. The van der Waals surface area contributed by atoms with Crippen molar-refractivity contribution >= 4 is 5.97 Å². The maximum absolute atomic E-state index is 10.1. The molecule has 0 saturated carbocycles. The highest BCUT2D eigenvalue weighted by Gasteiger charge is 1.95. The average Bonchev–Trinajstić information content (AvgIpc) is 2.81. The van der Waals surface area contributed by atoms with Gasteiger partial charge in [0.2, 0.25) is 0 Å². The quantitative estimate of drug-likeness (QED) is 0.701. The second-order valence-corrected chi connectivity index (χ2v) is 3.67. The Morgan fingerprint density at radius 3 is 2.38 bits per heavy atom. The van der Waals surface area contributed by atoms with E-state index in [0.717, 1.165) is 12.8 Å². The molecule has 0 aliphatic carbocycles. The second-order valence-electron chi connectivity index (χ2n) is 3.67. The van der Waals surface area contributed by atoms with Gasteiger partial charge in [-0.2, -0.15) is 0 Å². The van der Waals surface area contributed by atoms with Gasteiger partial charge >= 0.3 is 5.97 Å². The first-order valence-corrected chi connectivity index (χ1v) is 5.92. The van der Waals surface area contributed by atoms with E-state index >= 15 is 0 Å². The molecule has 1 aromatic heterocycles. The number of rotatable bonds is 7. The summed E-state index contributed by atoms with van der Waals surface area (Å²) in [6.45, 7) is 2.18. The molecule has 4 heteroatoms. The van der Waals surface area contributed by atoms with Gasteiger partial charge in [0, 0.05) is 18.8 Å². The number of aromatic amines is 1. The number of imidazole rings is 1. The predicted molar refractivity (Wildman–Crippen MR) is 64.2 cm³/mol. The van der Waals surface area contributed by atoms with Gasteiger partial charge in [-0.25, -0.2) is 4.98 Å². The Bertz CT molecular complexity index is 218. The minimum absolute atomic E-state index is 0.339. The number of hydrogen-bond donors (Lipinski definition) is 2. The topological polar surface area (TPSA) is 66.0 Å². The largest absolute Gasteiger partial charge is 0.481 e. The number of aliphatic carboxylic acids is 1. The van der Waals surface area contributed by atoms with Crippen LogP contribution in [0.25, 0.3) is 0 Å². The fourth-order valence-corrected chi connectivity index (χ4v) is 1.27. The van der Waals surface area contributed by atoms with E-state index in [1.165, 1.54) is 25.7 Å². The van der Waals surface area contributed by atoms with Crippen LogP contribution in [0.1, 0.15) is 51.9 Å². The number of nitrogens with one attached hydrogen (secondary N) is 1. The first-order valence-electron chi connectivity index (χ1n) is 5.92. The van der Waals surface area contributed by atoms with Crippen LogP contribution in [0.15, 0.2) is 18.7 Å². The maximum atomic E-state index is 10.1. The van der Waals surface area contributed by atoms with Crippen LogP contribution in [0.5, 0.6) is 0 Å². The van der Waals surface area contributed by atoms with Crippen LogP contribution in [-0.4, -0.2) is 21.0 Å². The van der Waals surface area contributed by atoms with E-state index in [9.17, 15) is 4.79 Å². The molecule has 1 heterocycles. The van der Waals surface area contributed by atoms with Gasteiger partial charge in [0.05, 0.1) is 6.33 Å². The molecule has 0 unspecified atom stereocenters. The van der Waals surface area contributed by atoms with Crippen LogP contribution in [0.3, 0.4) is 0 Å². The molecule has 0 aliphatic heterocycles. The number of nitrogens with zero attached hydrogens (tertiary/aromatic N) is 1. The van der Waals surface area contributed by atoms with Crippen molar-refractivity contribution in [3.05, 3.63) is 18.7 Å². The van der Waals surface area contributed by atoms with Crippen LogP contribution >= 0.6 is 0 Å². The summed E-state index contributed by atoms with van der Waals surface area (Å²) in [4.78, 5) is 16.5. The summed E-state index contributed by atoms with van der Waals surface area (Å²) in [5.41, 5.74) is 0. The summed E-state index contributed by atoms with van der Waals surface area (Å²) < 4.78 is 0. The SMILES string of the molecule is CCCCCCCCC(=O)O.c1c[nH]cn1. The number of carboxylic acid groups (broad SMARTS) is 1. The van der Waals surface area contributed by atoms with Crippen molar-refractivity contribution in [2.45, 2.75) is 51.9 Å². The molecule has 0 atom stereocenters. The lowest BCUT2D eigenvalue weighted by Gasteiger charge is -1.97. The Balaban J connectivity index is 0.000000368. The van der Waals surface area contributed by atoms with Crippen LogP contribution in [0.4, 0.5) is 0 Å². The lowest BCUT2D eigenvalue weighted by molar-refractivity contribution is -0.137. The molecule has 16 heavy (non-hydrogen) atoms. The second kappa shape index (κ2) is 11.8. The maximum Gasteiger partial charge on any atom is 0.303 e. The monoisotopic (exact) mass is 226 g/mol. The number of carboxylic acids is 1. The molecule has 0 aliphatic rings. The molecule has 4 nitrogen and oxygen atoms in total. The van der Waals surface area contributed by atoms with Gasteiger partial charge in [0.25, 0.3) is 0 Å². The predicted octanol–water partition coefficient (Wildman–Crippen LogP) is 3.23. The van der Waals surface area contributed by atoms with E-state index in [1.807, 2.05) is 0 Å². The first kappa shape index (κ1) is 14.7. The lowest BCUT2D eigenvalue weighted by atomic mass is 10.1. The highest BCUT2D eigenvalue weighted by molar-refractivity contribution is 5.66. The molecule has 0 saturated heterocycles. The minimum Gasteiger partial charge on any atom is -0.481 e. The van der Waals surface area contributed by atoms with E-state index in [4.69, 9.17) is 5.11 Å². The third kappa shape index (κ3) is 12.7. The summed E-state index contributed by atoms with van der Waals surface area (Å²) in [5.74, 6) is -0.666. The Morgan fingerprint density at radius 1 is 1.25 bits per heavy atom. The molecule has 1 rings (SSSR count). The summed E-state index contributed by atoms with van der Waals surface area (Å²) >= 11 is 0. The van der Waals surface area contributed by atoms with Crippen LogP contribution in [0, 0.1) is 0 Å². The van der Waals surface area contributed by atoms with Crippen LogP contribution < -0.4 is 0 Å². The summed E-state index contributed by atoms with van der Waals surface area (Å²) in [6, 6.07) is 0. The van der Waals surface area contributed by atoms with Gasteiger partial charge in [-0.3, -0.25) is 4.79 Å². The van der Waals surface area contributed by atoms with Crippen molar-refractivity contribution < 1.29 is 9.90 Å². The zero-order valence-corrected chi connectivity index (χ0v) is 9.98. The zero-order valence-electron chi connectivity index (χ0n) is 9.98. The molecule has 0 spiro atoms. The van der Waals surface area contributed by atoms with E-state index < -0.39 is 5.97 Å². The molecule has 0 bridgehead atoms. The molecule has 0 amide bonds. The molecular weight excluding hydrogens is 204 g/mol. The number of aromatic nitrogens is 2. The van der Waals surface area contributed by atoms with E-state index in [2.05, 4.69) is 16.9 Å². The van der Waals surface area contributed by atoms with Crippen molar-refractivity contribution in [3.63, 3.8) is 0 Å². The Labute approximate surface area is 97.1 Å². The van der Waals surface area contributed by atoms with E-state index in [-0.39, 0.29) is 0 Å². The number of carbonyl (C=O) groups is 1. The van der Waals surface area contributed by atoms with Crippen molar-refractivity contribution in [2.24, 2.45) is 0 Å². The van der Waals surface area contributed by atoms with Crippen LogP contribution in [0.2, 0.25) is 0 Å². The molecule has 0 aromatic carbocycles. The Kier molecular flexibility index (Phi) is 10.8. The van der Waals surface area contributed by atoms with Gasteiger partial charge in [0.1, 0.15) is 0 Å². The van der Waals surface area contributed by atoms with Gasteiger partial charge in [0.15, 0.2) is 0 Å². The van der Waals surface area contributed by atoms with Gasteiger partial charge in [-0.15, -0.1) is 0 Å². The fraction of sp³-hybridized carbons (Fsp3) is 0.667. The fourth-order valence-electron chi connectivity index (χ4n) is 1.27. The number of H-pyrrole nitrogens is 1. The third-order valence-electron chi connectivity index (χ3n) is 2.15. The van der Waals surface area contributed by atoms with Gasteiger partial charge in [-0.05, 0) is 6.42 Å². The van der Waals surface area contributed by atoms with Crippen molar-refractivity contribution in [1.29, 1.82) is 0 Å². The van der Waals surface area contributed by atoms with Crippen LogP contribution in [-0.2, 0) is 4.79 Å². The van der Waals surface area contributed by atoms with Crippen molar-refractivity contribution in [2.75, 3.05) is 0 Å². The van der Waals surface area contributed by atoms with Gasteiger partial charge in [-0.1, -0.05) is 39.0 Å². The molecule has 1 aromatic rings. The average molecular weight is 226 g/mol. The number of unbranched alkanes of at least 4 members (excludes halogenated alkanes) is 5. The summed E-state index contributed by atoms with van der Waals surface area (Å²) in [6.07, 6.45) is 12.3. The third-order valence-corrected chi connectivity index (χ3v) is 2.15. The van der Waals surface area contributed by atoms with Gasteiger partial charge < -0.3 is 10.1 Å². The highest BCUT2D eigenvalue weighted by atomic mass is 16.4. The molecular formula is C12H22N2O2. The smallest absolute Gasteiger partial charge is 0.303 e. The zero-order chi connectivity index (χ0) is 12.1. The van der Waals surface area contributed by atoms with E-state index in [1.54, 1.807) is 18.7 Å². The highest BCUT2D eigenvalue weighted by Crippen LogP contribution is 2.06. The Morgan fingerprint density at radius 2 is 1.94 bits per heavy atom. The first-order chi connectivity index (χ1) is 7.77. The minimum atomic E-state index is -0.666. The molecule has 92 valence electrons. The standard InChI is InChI=1S/C9H18O2.C3H4N2/c1-2-3-4-5-6-7-8-9(10)11;1-2-5-3-4-1/h2-8H2,1H3,(H,10,11);1-3H,(H,4,5). The molecule has 2 N–H and O–H groups in total.